The molecule has 1 aromatic heterocycles. The standard InChI is InChI=1S/C19H26N4O6S/c1-14-18(15(2)29-21-14)30(25,26)23-10-8-22(9-11-23)19(24)20-16-4-6-17(7-5-16)28-13-12-27-3/h4-7H,8-13H2,1-3H3,(H,20,24). The number of nitrogens with zero attached hydrogens (tertiary/aromatic N) is 3. The molecular weight excluding hydrogens is 412 g/mol. The number of urea groups is 1. The number of hydrogen-bond acceptors (Lipinski definition) is 7. The Bertz CT molecular complexity index is 946. The topological polar surface area (TPSA) is 114 Å². The maximum atomic E-state index is 12.9. The fourth-order valence-corrected chi connectivity index (χ4v) is 4.90. The molecule has 1 aromatic carbocycles. The van der Waals surface area contributed by atoms with Gasteiger partial charge >= 0.3 is 6.03 Å². The van der Waals surface area contributed by atoms with Crippen molar-refractivity contribution in [2.24, 2.45) is 0 Å². The van der Waals surface area contributed by atoms with Crippen molar-refractivity contribution in [3.05, 3.63) is 35.7 Å². The monoisotopic (exact) mass is 438 g/mol. The van der Waals surface area contributed by atoms with Crippen molar-refractivity contribution in [2.75, 3.05) is 51.8 Å². The lowest BCUT2D eigenvalue weighted by Gasteiger charge is -2.33. The molecule has 164 valence electrons. The van der Waals surface area contributed by atoms with Gasteiger partial charge in [-0.15, -0.1) is 0 Å². The van der Waals surface area contributed by atoms with Crippen LogP contribution in [0.5, 0.6) is 5.75 Å². The van der Waals surface area contributed by atoms with Crippen LogP contribution >= 0.6 is 0 Å². The molecule has 0 saturated carbocycles. The fourth-order valence-electron chi connectivity index (χ4n) is 3.18. The smallest absolute Gasteiger partial charge is 0.321 e. The van der Waals surface area contributed by atoms with Crippen LogP contribution in [0.15, 0.2) is 33.7 Å². The molecule has 0 atom stereocenters. The maximum absolute atomic E-state index is 12.9. The van der Waals surface area contributed by atoms with Crippen LogP contribution < -0.4 is 10.1 Å². The lowest BCUT2D eigenvalue weighted by atomic mass is 10.3. The zero-order valence-electron chi connectivity index (χ0n) is 17.3. The number of rotatable bonds is 7. The van der Waals surface area contributed by atoms with Gasteiger partial charge < -0.3 is 24.2 Å². The molecule has 2 amide bonds. The zero-order valence-corrected chi connectivity index (χ0v) is 18.1. The van der Waals surface area contributed by atoms with Gasteiger partial charge in [-0.05, 0) is 38.1 Å². The van der Waals surface area contributed by atoms with Gasteiger partial charge in [-0.1, -0.05) is 5.16 Å². The summed E-state index contributed by atoms with van der Waals surface area (Å²) in [7, 11) is -2.10. The first-order valence-corrected chi connectivity index (χ1v) is 11.0. The number of amides is 2. The molecule has 0 radical (unpaired) electrons. The highest BCUT2D eigenvalue weighted by Gasteiger charge is 2.34. The van der Waals surface area contributed by atoms with Gasteiger partial charge in [0.2, 0.25) is 10.0 Å². The zero-order chi connectivity index (χ0) is 21.7. The van der Waals surface area contributed by atoms with E-state index in [4.69, 9.17) is 14.0 Å². The Morgan fingerprint density at radius 1 is 1.13 bits per heavy atom. The van der Waals surface area contributed by atoms with Crippen molar-refractivity contribution in [2.45, 2.75) is 18.7 Å². The molecule has 0 unspecified atom stereocenters. The van der Waals surface area contributed by atoms with Crippen LogP contribution in [-0.4, -0.2) is 75.3 Å². The Labute approximate surface area is 175 Å². The number of aryl methyl sites for hydroxylation is 2. The SMILES string of the molecule is COCCOc1ccc(NC(=O)N2CCN(S(=O)(=O)c3c(C)noc3C)CC2)cc1. The van der Waals surface area contributed by atoms with Crippen LogP contribution in [0.3, 0.4) is 0 Å². The fraction of sp³-hybridized carbons (Fsp3) is 0.474. The number of benzene rings is 1. The summed E-state index contributed by atoms with van der Waals surface area (Å²) in [6, 6.07) is 6.74. The summed E-state index contributed by atoms with van der Waals surface area (Å²) < 4.78 is 42.5. The summed E-state index contributed by atoms with van der Waals surface area (Å²) in [4.78, 5) is 14.2. The van der Waals surface area contributed by atoms with Gasteiger partial charge in [0.25, 0.3) is 0 Å². The van der Waals surface area contributed by atoms with Gasteiger partial charge in [0.15, 0.2) is 5.76 Å². The number of sulfonamides is 1. The summed E-state index contributed by atoms with van der Waals surface area (Å²) in [5, 5.41) is 6.54. The summed E-state index contributed by atoms with van der Waals surface area (Å²) in [6.45, 7) is 5.09. The molecule has 1 saturated heterocycles. The molecule has 2 heterocycles. The highest BCUT2D eigenvalue weighted by Crippen LogP contribution is 2.24. The van der Waals surface area contributed by atoms with Crippen molar-refractivity contribution in [1.82, 2.24) is 14.4 Å². The van der Waals surface area contributed by atoms with Crippen molar-refractivity contribution < 1.29 is 27.2 Å². The molecule has 1 N–H and O–H groups in total. The first kappa shape index (κ1) is 22.1. The lowest BCUT2D eigenvalue weighted by molar-refractivity contribution is 0.146. The van der Waals surface area contributed by atoms with Crippen LogP contribution in [0, 0.1) is 13.8 Å². The first-order chi connectivity index (χ1) is 14.3. The first-order valence-electron chi connectivity index (χ1n) is 9.53. The molecule has 0 aliphatic carbocycles. The van der Waals surface area contributed by atoms with Gasteiger partial charge in [0, 0.05) is 39.0 Å². The average Bonchev–Trinajstić information content (AvgIpc) is 3.08. The quantitative estimate of drug-likeness (QED) is 0.656. The Morgan fingerprint density at radius 2 is 1.80 bits per heavy atom. The van der Waals surface area contributed by atoms with Crippen LogP contribution in [0.25, 0.3) is 0 Å². The van der Waals surface area contributed by atoms with E-state index in [2.05, 4.69) is 10.5 Å². The van der Waals surface area contributed by atoms with Crippen molar-refractivity contribution in [1.29, 1.82) is 0 Å². The summed E-state index contributed by atoms with van der Waals surface area (Å²) >= 11 is 0. The third-order valence-electron chi connectivity index (χ3n) is 4.75. The number of ether oxygens (including phenoxy) is 2. The van der Waals surface area contributed by atoms with E-state index in [9.17, 15) is 13.2 Å². The van der Waals surface area contributed by atoms with E-state index in [0.717, 1.165) is 0 Å². The third-order valence-corrected chi connectivity index (χ3v) is 6.90. The second-order valence-corrected chi connectivity index (χ2v) is 8.71. The van der Waals surface area contributed by atoms with Gasteiger partial charge in [-0.3, -0.25) is 0 Å². The van der Waals surface area contributed by atoms with E-state index in [1.807, 2.05) is 0 Å². The van der Waals surface area contributed by atoms with E-state index >= 15 is 0 Å². The second kappa shape index (κ2) is 9.45. The molecular formula is C19H26N4O6S. The minimum atomic E-state index is -3.71. The van der Waals surface area contributed by atoms with E-state index in [1.54, 1.807) is 50.1 Å². The van der Waals surface area contributed by atoms with Crippen molar-refractivity contribution in [3.8, 4) is 5.75 Å². The Balaban J connectivity index is 1.54. The normalized spacial score (nSPS) is 15.2. The molecule has 3 rings (SSSR count). The molecule has 2 aromatic rings. The minimum absolute atomic E-state index is 0.105. The minimum Gasteiger partial charge on any atom is -0.491 e. The number of carbonyl (C=O) groups excluding carboxylic acids is 1. The predicted molar refractivity (Wildman–Crippen MR) is 109 cm³/mol. The Hall–Kier alpha value is -2.63. The number of methoxy groups -OCH3 is 1. The van der Waals surface area contributed by atoms with Crippen molar-refractivity contribution in [3.63, 3.8) is 0 Å². The summed E-state index contributed by atoms with van der Waals surface area (Å²) in [6.07, 6.45) is 0. The van der Waals surface area contributed by atoms with E-state index < -0.39 is 10.0 Å². The highest BCUT2D eigenvalue weighted by molar-refractivity contribution is 7.89. The van der Waals surface area contributed by atoms with Gasteiger partial charge in [-0.2, -0.15) is 4.31 Å². The number of piperazine rings is 1. The number of nitrogens with one attached hydrogen (secondary N) is 1. The second-order valence-electron chi connectivity index (χ2n) is 6.84. The van der Waals surface area contributed by atoms with Crippen LogP contribution in [-0.2, 0) is 14.8 Å². The number of aromatic nitrogens is 1. The van der Waals surface area contributed by atoms with Crippen LogP contribution in [0.2, 0.25) is 0 Å². The Kier molecular flexibility index (Phi) is 6.95. The van der Waals surface area contributed by atoms with Gasteiger partial charge in [-0.25, -0.2) is 13.2 Å². The van der Waals surface area contributed by atoms with Crippen LogP contribution in [0.4, 0.5) is 10.5 Å². The molecule has 1 aliphatic rings. The van der Waals surface area contributed by atoms with E-state index in [0.29, 0.717) is 30.3 Å². The van der Waals surface area contributed by atoms with Gasteiger partial charge in [0.05, 0.1) is 6.61 Å². The molecule has 30 heavy (non-hydrogen) atoms. The lowest BCUT2D eigenvalue weighted by Crippen LogP contribution is -2.51. The molecule has 0 spiro atoms. The number of hydrogen-bond donors (Lipinski definition) is 1. The maximum Gasteiger partial charge on any atom is 0.321 e. The number of anilines is 1. The number of carbonyl (C=O) groups is 1. The van der Waals surface area contributed by atoms with Crippen LogP contribution in [0.1, 0.15) is 11.5 Å². The third kappa shape index (κ3) is 4.91. The Morgan fingerprint density at radius 3 is 2.37 bits per heavy atom. The molecule has 10 nitrogen and oxygen atoms in total. The van der Waals surface area contributed by atoms with Gasteiger partial charge in [0.1, 0.15) is 22.9 Å². The molecule has 0 bridgehead atoms. The summed E-state index contributed by atoms with van der Waals surface area (Å²) in [5.74, 6) is 0.950. The highest BCUT2D eigenvalue weighted by atomic mass is 32.2. The predicted octanol–water partition coefficient (Wildman–Crippen LogP) is 1.86. The van der Waals surface area contributed by atoms with Crippen molar-refractivity contribution >= 4 is 21.7 Å². The van der Waals surface area contributed by atoms with E-state index in [1.165, 1.54) is 4.31 Å². The molecule has 11 heteroatoms. The largest absolute Gasteiger partial charge is 0.491 e. The average molecular weight is 439 g/mol. The summed E-state index contributed by atoms with van der Waals surface area (Å²) in [5.41, 5.74) is 0.965. The molecule has 1 aliphatic heterocycles. The molecule has 1 fully saturated rings. The van der Waals surface area contributed by atoms with E-state index in [-0.39, 0.29) is 42.9 Å².